The second-order valence-electron chi connectivity index (χ2n) is 6.11. The molecule has 3 rings (SSSR count). The van der Waals surface area contributed by atoms with Crippen LogP contribution in [-0.2, 0) is 0 Å². The van der Waals surface area contributed by atoms with Crippen molar-refractivity contribution in [3.8, 4) is 5.75 Å². The highest BCUT2D eigenvalue weighted by molar-refractivity contribution is 5.37. The summed E-state index contributed by atoms with van der Waals surface area (Å²) < 4.78 is 5.47. The average Bonchev–Trinajstić information content (AvgIpc) is 2.43. The molecular formula is C17H25NO. The third-order valence-corrected chi connectivity index (χ3v) is 4.79. The van der Waals surface area contributed by atoms with Gasteiger partial charge in [-0.3, -0.25) is 0 Å². The largest absolute Gasteiger partial charge is 0.496 e. The molecule has 2 saturated carbocycles. The van der Waals surface area contributed by atoms with Crippen molar-refractivity contribution in [1.29, 1.82) is 0 Å². The molecule has 0 heterocycles. The summed E-state index contributed by atoms with van der Waals surface area (Å²) in [6.45, 7) is 0. The molecule has 2 aliphatic rings. The molecule has 0 atom stereocenters. The van der Waals surface area contributed by atoms with Gasteiger partial charge in [-0.1, -0.05) is 37.5 Å². The van der Waals surface area contributed by atoms with Crippen LogP contribution in [0.5, 0.6) is 5.75 Å². The topological polar surface area (TPSA) is 21.3 Å². The van der Waals surface area contributed by atoms with Crippen molar-refractivity contribution < 1.29 is 4.74 Å². The highest BCUT2D eigenvalue weighted by Crippen LogP contribution is 2.41. The fourth-order valence-corrected chi connectivity index (χ4v) is 3.61. The molecule has 2 fully saturated rings. The number of hydrogen-bond donors (Lipinski definition) is 1. The van der Waals surface area contributed by atoms with Gasteiger partial charge in [0.15, 0.2) is 0 Å². The molecule has 1 aromatic carbocycles. The monoisotopic (exact) mass is 259 g/mol. The number of methoxy groups -OCH3 is 1. The van der Waals surface area contributed by atoms with Crippen molar-refractivity contribution in [1.82, 2.24) is 5.32 Å². The van der Waals surface area contributed by atoms with Gasteiger partial charge in [-0.15, -0.1) is 0 Å². The second-order valence-corrected chi connectivity index (χ2v) is 6.11. The summed E-state index contributed by atoms with van der Waals surface area (Å²) in [6.07, 6.45) is 9.59. The zero-order valence-corrected chi connectivity index (χ0v) is 11.9. The molecule has 0 aromatic heterocycles. The third-order valence-electron chi connectivity index (χ3n) is 4.79. The van der Waals surface area contributed by atoms with Crippen LogP contribution >= 0.6 is 0 Å². The normalized spacial score (nSPS) is 27.8. The molecule has 1 aromatic rings. The fraction of sp³-hybridized carbons (Fsp3) is 0.647. The van der Waals surface area contributed by atoms with Gasteiger partial charge in [0.25, 0.3) is 0 Å². The lowest BCUT2D eigenvalue weighted by atomic mass is 9.75. The average molecular weight is 259 g/mol. The Labute approximate surface area is 116 Å². The molecule has 104 valence electrons. The lowest BCUT2D eigenvalue weighted by Crippen LogP contribution is -2.46. The van der Waals surface area contributed by atoms with Crippen molar-refractivity contribution in [2.75, 3.05) is 7.11 Å². The first-order valence-electron chi connectivity index (χ1n) is 7.76. The Bertz CT molecular complexity index is 405. The summed E-state index contributed by atoms with van der Waals surface area (Å²) in [5.74, 6) is 1.75. The van der Waals surface area contributed by atoms with E-state index in [1.807, 2.05) is 0 Å². The van der Waals surface area contributed by atoms with Gasteiger partial charge in [-0.2, -0.15) is 0 Å². The Morgan fingerprint density at radius 2 is 1.74 bits per heavy atom. The predicted octanol–water partition coefficient (Wildman–Crippen LogP) is 3.86. The number of rotatable bonds is 4. The van der Waals surface area contributed by atoms with Crippen molar-refractivity contribution in [2.45, 2.75) is 62.9 Å². The van der Waals surface area contributed by atoms with E-state index in [9.17, 15) is 0 Å². The number of para-hydroxylation sites is 1. The van der Waals surface area contributed by atoms with E-state index in [0.29, 0.717) is 5.92 Å². The van der Waals surface area contributed by atoms with Gasteiger partial charge in [0, 0.05) is 12.1 Å². The molecule has 19 heavy (non-hydrogen) atoms. The smallest absolute Gasteiger partial charge is 0.122 e. The molecule has 0 saturated heterocycles. The first-order chi connectivity index (χ1) is 9.36. The van der Waals surface area contributed by atoms with Gasteiger partial charge >= 0.3 is 0 Å². The molecule has 0 radical (unpaired) electrons. The first kappa shape index (κ1) is 13.0. The van der Waals surface area contributed by atoms with E-state index < -0.39 is 0 Å². The summed E-state index contributed by atoms with van der Waals surface area (Å²) in [5.41, 5.74) is 1.40. The van der Waals surface area contributed by atoms with Crippen LogP contribution in [-0.4, -0.2) is 19.2 Å². The van der Waals surface area contributed by atoms with E-state index in [4.69, 9.17) is 4.74 Å². The zero-order chi connectivity index (χ0) is 13.1. The van der Waals surface area contributed by atoms with Gasteiger partial charge in [-0.05, 0) is 43.2 Å². The molecule has 0 unspecified atom stereocenters. The van der Waals surface area contributed by atoms with E-state index in [0.717, 1.165) is 17.8 Å². The van der Waals surface area contributed by atoms with Crippen molar-refractivity contribution >= 4 is 0 Å². The van der Waals surface area contributed by atoms with Gasteiger partial charge in [-0.25, -0.2) is 0 Å². The van der Waals surface area contributed by atoms with E-state index in [2.05, 4.69) is 29.6 Å². The van der Waals surface area contributed by atoms with Crippen LogP contribution in [0.3, 0.4) is 0 Å². The maximum absolute atomic E-state index is 5.47. The Hall–Kier alpha value is -1.02. The van der Waals surface area contributed by atoms with E-state index in [1.54, 1.807) is 7.11 Å². The van der Waals surface area contributed by atoms with Crippen LogP contribution in [0.4, 0.5) is 0 Å². The zero-order valence-electron chi connectivity index (χ0n) is 11.9. The predicted molar refractivity (Wildman–Crippen MR) is 78.8 cm³/mol. The van der Waals surface area contributed by atoms with Crippen LogP contribution in [0.15, 0.2) is 24.3 Å². The Morgan fingerprint density at radius 1 is 1.00 bits per heavy atom. The fourth-order valence-electron chi connectivity index (χ4n) is 3.61. The Balaban J connectivity index is 1.51. The highest BCUT2D eigenvalue weighted by Gasteiger charge is 2.33. The third kappa shape index (κ3) is 2.94. The summed E-state index contributed by atoms with van der Waals surface area (Å²) in [4.78, 5) is 0. The van der Waals surface area contributed by atoms with Crippen LogP contribution < -0.4 is 10.1 Å². The van der Waals surface area contributed by atoms with Crippen LogP contribution in [0.25, 0.3) is 0 Å². The molecule has 0 amide bonds. The number of nitrogens with one attached hydrogen (secondary N) is 1. The Morgan fingerprint density at radius 3 is 2.47 bits per heavy atom. The number of hydrogen-bond acceptors (Lipinski definition) is 2. The summed E-state index contributed by atoms with van der Waals surface area (Å²) in [5, 5.41) is 3.85. The lowest BCUT2D eigenvalue weighted by Gasteiger charge is -2.40. The molecule has 0 spiro atoms. The van der Waals surface area contributed by atoms with Gasteiger partial charge in [0.2, 0.25) is 0 Å². The first-order valence-corrected chi connectivity index (χ1v) is 7.76. The highest BCUT2D eigenvalue weighted by atomic mass is 16.5. The summed E-state index contributed by atoms with van der Waals surface area (Å²) >= 11 is 0. The molecule has 1 N–H and O–H groups in total. The second kappa shape index (κ2) is 5.96. The molecule has 2 nitrogen and oxygen atoms in total. The lowest BCUT2D eigenvalue weighted by molar-refractivity contribution is 0.235. The quantitative estimate of drug-likeness (QED) is 0.886. The van der Waals surface area contributed by atoms with Gasteiger partial charge in [0.1, 0.15) is 5.75 Å². The maximum atomic E-state index is 5.47. The molecular weight excluding hydrogens is 234 g/mol. The van der Waals surface area contributed by atoms with Gasteiger partial charge in [0.05, 0.1) is 7.11 Å². The summed E-state index contributed by atoms with van der Waals surface area (Å²) in [6, 6.07) is 10.0. The molecule has 2 aliphatic carbocycles. The van der Waals surface area contributed by atoms with Crippen LogP contribution in [0, 0.1) is 0 Å². The Kier molecular flexibility index (Phi) is 4.07. The van der Waals surface area contributed by atoms with Crippen molar-refractivity contribution in [2.24, 2.45) is 0 Å². The molecule has 0 bridgehead atoms. The SMILES string of the molecule is COc1ccccc1C1CC(NC2CCCCC2)C1. The number of ether oxygens (including phenoxy) is 1. The minimum Gasteiger partial charge on any atom is -0.496 e. The van der Waals surface area contributed by atoms with Gasteiger partial charge < -0.3 is 10.1 Å². The standard InChI is InChI=1S/C17H25NO/c1-19-17-10-6-5-9-16(17)13-11-15(12-13)18-14-7-3-2-4-8-14/h5-6,9-10,13-15,18H,2-4,7-8,11-12H2,1H3. The van der Waals surface area contributed by atoms with E-state index in [-0.39, 0.29) is 0 Å². The minimum atomic E-state index is 0.692. The molecule has 0 aliphatic heterocycles. The van der Waals surface area contributed by atoms with E-state index >= 15 is 0 Å². The number of benzene rings is 1. The summed E-state index contributed by atoms with van der Waals surface area (Å²) in [7, 11) is 1.77. The van der Waals surface area contributed by atoms with Crippen molar-refractivity contribution in [3.05, 3.63) is 29.8 Å². The maximum Gasteiger partial charge on any atom is 0.122 e. The minimum absolute atomic E-state index is 0.692. The van der Waals surface area contributed by atoms with Crippen LogP contribution in [0.2, 0.25) is 0 Å². The molecule has 2 heteroatoms. The van der Waals surface area contributed by atoms with Crippen molar-refractivity contribution in [3.63, 3.8) is 0 Å². The van der Waals surface area contributed by atoms with E-state index in [1.165, 1.54) is 50.5 Å². The van der Waals surface area contributed by atoms with Crippen LogP contribution in [0.1, 0.15) is 56.4 Å².